The Bertz CT molecular complexity index is 606. The van der Waals surface area contributed by atoms with Gasteiger partial charge in [-0.3, -0.25) is 9.59 Å². The van der Waals surface area contributed by atoms with Crippen molar-refractivity contribution in [3.63, 3.8) is 0 Å². The number of primary amides is 1. The Kier molecular flexibility index (Phi) is 4.78. The van der Waals surface area contributed by atoms with Gasteiger partial charge in [0.25, 0.3) is 0 Å². The fraction of sp³-hybridized carbons (Fsp3) is 0.579. The molecular weight excluding hydrogens is 304 g/mol. The minimum absolute atomic E-state index is 0.163. The number of nitrogens with two attached hydrogens (primary N) is 1. The molecule has 1 aromatic carbocycles. The molecule has 5 nitrogen and oxygen atoms in total. The molecule has 0 aromatic heterocycles. The van der Waals surface area contributed by atoms with Crippen LogP contribution >= 0.6 is 0 Å². The predicted octanol–water partition coefficient (Wildman–Crippen LogP) is 2.23. The van der Waals surface area contributed by atoms with Gasteiger partial charge >= 0.3 is 0 Å². The molecule has 0 unspecified atom stereocenters. The van der Waals surface area contributed by atoms with Crippen molar-refractivity contribution in [1.82, 2.24) is 4.90 Å². The summed E-state index contributed by atoms with van der Waals surface area (Å²) in [7, 11) is 1.64. The monoisotopic (exact) mass is 330 g/mol. The van der Waals surface area contributed by atoms with Gasteiger partial charge in [0.2, 0.25) is 11.8 Å². The average Bonchev–Trinajstić information content (AvgIpc) is 3.12. The van der Waals surface area contributed by atoms with E-state index in [1.54, 1.807) is 7.11 Å². The molecule has 2 N–H and O–H groups in total. The summed E-state index contributed by atoms with van der Waals surface area (Å²) >= 11 is 0. The van der Waals surface area contributed by atoms with Gasteiger partial charge in [-0.2, -0.15) is 0 Å². The number of hydrogen-bond acceptors (Lipinski definition) is 3. The zero-order chi connectivity index (χ0) is 17.2. The third-order valence-corrected chi connectivity index (χ3v) is 5.64. The number of carbonyl (C=O) groups excluding carboxylic acids is 2. The standard InChI is InChI=1S/C19H26N2O3/c1-24-16-7-5-15(6-8-16)19(10-3-2-4-11-19)18(23)21-12-9-14(13-21)17(20)22/h5-8,14H,2-4,9-13H2,1H3,(H2,20,22)/t14-/m0/s1. The number of nitrogens with zero attached hydrogens (tertiary/aromatic N) is 1. The molecule has 1 atom stereocenters. The highest BCUT2D eigenvalue weighted by Crippen LogP contribution is 2.42. The lowest BCUT2D eigenvalue weighted by Crippen LogP contribution is -2.47. The zero-order valence-electron chi connectivity index (χ0n) is 14.3. The Balaban J connectivity index is 1.88. The van der Waals surface area contributed by atoms with Crippen molar-refractivity contribution in [3.05, 3.63) is 29.8 Å². The van der Waals surface area contributed by atoms with Crippen LogP contribution in [0.5, 0.6) is 5.75 Å². The van der Waals surface area contributed by atoms with Crippen molar-refractivity contribution < 1.29 is 14.3 Å². The highest BCUT2D eigenvalue weighted by molar-refractivity contribution is 5.89. The molecule has 2 amide bonds. The smallest absolute Gasteiger partial charge is 0.233 e. The first-order valence-corrected chi connectivity index (χ1v) is 8.80. The summed E-state index contributed by atoms with van der Waals surface area (Å²) in [5.41, 5.74) is 6.03. The average molecular weight is 330 g/mol. The number of ether oxygens (including phenoxy) is 1. The van der Waals surface area contributed by atoms with E-state index in [1.165, 1.54) is 6.42 Å². The van der Waals surface area contributed by atoms with Crippen LogP contribution in [0.15, 0.2) is 24.3 Å². The third kappa shape index (κ3) is 2.99. The lowest BCUT2D eigenvalue weighted by atomic mass is 9.68. The third-order valence-electron chi connectivity index (χ3n) is 5.64. The van der Waals surface area contributed by atoms with Crippen LogP contribution in [0.25, 0.3) is 0 Å². The number of hydrogen-bond donors (Lipinski definition) is 1. The van der Waals surface area contributed by atoms with Crippen LogP contribution in [0.1, 0.15) is 44.1 Å². The second-order valence-corrected chi connectivity index (χ2v) is 7.01. The van der Waals surface area contributed by atoms with Gasteiger partial charge in [-0.05, 0) is 37.0 Å². The lowest BCUT2D eigenvalue weighted by Gasteiger charge is -2.39. The number of carbonyl (C=O) groups is 2. The van der Waals surface area contributed by atoms with Crippen LogP contribution < -0.4 is 10.5 Å². The Morgan fingerprint density at radius 3 is 2.38 bits per heavy atom. The molecule has 1 saturated heterocycles. The molecule has 1 saturated carbocycles. The normalized spacial score (nSPS) is 23.0. The van der Waals surface area contributed by atoms with Gasteiger partial charge in [-0.25, -0.2) is 0 Å². The molecule has 1 aliphatic carbocycles. The van der Waals surface area contributed by atoms with Gasteiger partial charge in [-0.1, -0.05) is 31.4 Å². The highest BCUT2D eigenvalue weighted by Gasteiger charge is 2.45. The van der Waals surface area contributed by atoms with Crippen molar-refractivity contribution in [2.24, 2.45) is 11.7 Å². The summed E-state index contributed by atoms with van der Waals surface area (Å²) in [4.78, 5) is 26.7. The van der Waals surface area contributed by atoms with Crippen LogP contribution in [-0.4, -0.2) is 36.9 Å². The number of rotatable bonds is 4. The molecule has 24 heavy (non-hydrogen) atoms. The van der Waals surface area contributed by atoms with E-state index in [0.717, 1.165) is 37.0 Å². The van der Waals surface area contributed by atoms with E-state index in [4.69, 9.17) is 10.5 Å². The van der Waals surface area contributed by atoms with Crippen molar-refractivity contribution in [2.75, 3.05) is 20.2 Å². The Morgan fingerprint density at radius 1 is 1.17 bits per heavy atom. The summed E-state index contributed by atoms with van der Waals surface area (Å²) in [6.07, 6.45) is 5.72. The van der Waals surface area contributed by atoms with Gasteiger partial charge in [0.15, 0.2) is 0 Å². The topological polar surface area (TPSA) is 72.6 Å². The van der Waals surface area contributed by atoms with Crippen molar-refractivity contribution in [1.29, 1.82) is 0 Å². The summed E-state index contributed by atoms with van der Waals surface area (Å²) in [6.45, 7) is 1.09. The van der Waals surface area contributed by atoms with E-state index in [9.17, 15) is 9.59 Å². The van der Waals surface area contributed by atoms with Crippen LogP contribution in [0.4, 0.5) is 0 Å². The number of likely N-dealkylation sites (tertiary alicyclic amines) is 1. The predicted molar refractivity (Wildman–Crippen MR) is 91.6 cm³/mol. The maximum Gasteiger partial charge on any atom is 0.233 e. The van der Waals surface area contributed by atoms with E-state index in [0.29, 0.717) is 19.5 Å². The van der Waals surface area contributed by atoms with Crippen molar-refractivity contribution in [3.8, 4) is 5.75 Å². The van der Waals surface area contributed by atoms with E-state index in [1.807, 2.05) is 29.2 Å². The number of amides is 2. The molecule has 1 aromatic rings. The van der Waals surface area contributed by atoms with Gasteiger partial charge in [0.05, 0.1) is 18.4 Å². The SMILES string of the molecule is COc1ccc(C2(C(=O)N3CC[C@H](C(N)=O)C3)CCCCC2)cc1. The summed E-state index contributed by atoms with van der Waals surface area (Å²) in [5, 5.41) is 0. The van der Waals surface area contributed by atoms with Crippen LogP contribution in [0.2, 0.25) is 0 Å². The van der Waals surface area contributed by atoms with Gasteiger partial charge < -0.3 is 15.4 Å². The van der Waals surface area contributed by atoms with Crippen LogP contribution in [0.3, 0.4) is 0 Å². The largest absolute Gasteiger partial charge is 0.497 e. The molecule has 1 heterocycles. The van der Waals surface area contributed by atoms with Crippen molar-refractivity contribution in [2.45, 2.75) is 43.9 Å². The summed E-state index contributed by atoms with van der Waals surface area (Å²) < 4.78 is 5.24. The molecule has 1 aliphatic heterocycles. The van der Waals surface area contributed by atoms with E-state index >= 15 is 0 Å². The van der Waals surface area contributed by atoms with Gasteiger partial charge in [0, 0.05) is 13.1 Å². The van der Waals surface area contributed by atoms with E-state index in [2.05, 4.69) is 0 Å². The fourth-order valence-electron chi connectivity index (χ4n) is 4.17. The molecule has 2 aliphatic rings. The summed E-state index contributed by atoms with van der Waals surface area (Å²) in [6, 6.07) is 7.89. The zero-order valence-corrected chi connectivity index (χ0v) is 14.3. The highest BCUT2D eigenvalue weighted by atomic mass is 16.5. The molecule has 0 spiro atoms. The number of benzene rings is 1. The van der Waals surface area contributed by atoms with Crippen LogP contribution in [0, 0.1) is 5.92 Å². The molecule has 130 valence electrons. The Hall–Kier alpha value is -2.04. The molecule has 0 bridgehead atoms. The molecular formula is C19H26N2O3. The molecule has 3 rings (SSSR count). The van der Waals surface area contributed by atoms with E-state index < -0.39 is 5.41 Å². The molecule has 0 radical (unpaired) electrons. The maximum absolute atomic E-state index is 13.4. The van der Waals surface area contributed by atoms with Gasteiger partial charge in [-0.15, -0.1) is 0 Å². The maximum atomic E-state index is 13.4. The Labute approximate surface area is 143 Å². The van der Waals surface area contributed by atoms with Crippen molar-refractivity contribution >= 4 is 11.8 Å². The molecule has 5 heteroatoms. The van der Waals surface area contributed by atoms with Gasteiger partial charge in [0.1, 0.15) is 5.75 Å². The minimum atomic E-state index is -0.461. The quantitative estimate of drug-likeness (QED) is 0.920. The first-order valence-electron chi connectivity index (χ1n) is 8.80. The lowest BCUT2D eigenvalue weighted by molar-refractivity contribution is -0.138. The fourth-order valence-corrected chi connectivity index (χ4v) is 4.17. The second kappa shape index (κ2) is 6.83. The Morgan fingerprint density at radius 2 is 1.83 bits per heavy atom. The number of methoxy groups -OCH3 is 1. The van der Waals surface area contributed by atoms with E-state index in [-0.39, 0.29) is 17.7 Å². The second-order valence-electron chi connectivity index (χ2n) is 7.01. The first-order chi connectivity index (χ1) is 11.6. The molecule has 2 fully saturated rings. The first kappa shape index (κ1) is 16.8. The van der Waals surface area contributed by atoms with Crippen LogP contribution in [-0.2, 0) is 15.0 Å². The summed E-state index contributed by atoms with van der Waals surface area (Å²) in [5.74, 6) is 0.459. The minimum Gasteiger partial charge on any atom is -0.497 e.